The molecular formula is C24H27N3O6S3. The Morgan fingerprint density at radius 2 is 0.667 bits per heavy atom. The minimum Gasteiger partial charge on any atom is -0.207 e. The number of rotatable bonds is 6. The van der Waals surface area contributed by atoms with E-state index in [0.29, 0.717) is 16.7 Å². The highest BCUT2D eigenvalue weighted by Crippen LogP contribution is 2.30. The predicted molar refractivity (Wildman–Crippen MR) is 135 cm³/mol. The highest BCUT2D eigenvalue weighted by Gasteiger charge is 2.43. The lowest BCUT2D eigenvalue weighted by atomic mass is 10.2. The summed E-state index contributed by atoms with van der Waals surface area (Å²) in [4.78, 5) is -0.0601. The normalized spacial score (nSPS) is 16.8. The minimum absolute atomic E-state index is 0.0200. The van der Waals surface area contributed by atoms with Crippen LogP contribution in [0.25, 0.3) is 0 Å². The van der Waals surface area contributed by atoms with Crippen molar-refractivity contribution < 1.29 is 25.3 Å². The SMILES string of the molecule is Cc1ccccc1S(=O)(=O)N1CN(S(=O)(=O)c2ccccc2C)CN(S(=O)(=O)c2ccccc2C)C1. The third-order valence-corrected chi connectivity index (χ3v) is 11.9. The van der Waals surface area contributed by atoms with Gasteiger partial charge in [-0.05, 0) is 55.7 Å². The van der Waals surface area contributed by atoms with Gasteiger partial charge in [-0.15, -0.1) is 0 Å². The first-order chi connectivity index (χ1) is 16.9. The van der Waals surface area contributed by atoms with Gasteiger partial charge in [-0.1, -0.05) is 54.6 Å². The summed E-state index contributed by atoms with van der Waals surface area (Å²) in [5.74, 6) is 0. The van der Waals surface area contributed by atoms with Gasteiger partial charge in [0.15, 0.2) is 0 Å². The fraction of sp³-hybridized carbons (Fsp3) is 0.250. The molecule has 1 aliphatic heterocycles. The molecule has 192 valence electrons. The third kappa shape index (κ3) is 4.72. The second-order valence-electron chi connectivity index (χ2n) is 8.59. The lowest BCUT2D eigenvalue weighted by molar-refractivity contribution is 0.127. The van der Waals surface area contributed by atoms with E-state index < -0.39 is 50.1 Å². The molecule has 0 aromatic heterocycles. The van der Waals surface area contributed by atoms with Gasteiger partial charge in [0.25, 0.3) is 0 Å². The smallest absolute Gasteiger partial charge is 0.207 e. The van der Waals surface area contributed by atoms with Crippen molar-refractivity contribution in [3.8, 4) is 0 Å². The van der Waals surface area contributed by atoms with Crippen LogP contribution in [0.5, 0.6) is 0 Å². The fourth-order valence-corrected chi connectivity index (χ4v) is 9.05. The van der Waals surface area contributed by atoms with Crippen molar-refractivity contribution >= 4 is 30.1 Å². The van der Waals surface area contributed by atoms with Crippen LogP contribution >= 0.6 is 0 Å². The molecule has 1 heterocycles. The number of aryl methyl sites for hydroxylation is 3. The van der Waals surface area contributed by atoms with E-state index in [1.54, 1.807) is 75.4 Å². The Kier molecular flexibility index (Phi) is 7.12. The van der Waals surface area contributed by atoms with Crippen molar-refractivity contribution in [2.75, 3.05) is 20.0 Å². The van der Waals surface area contributed by atoms with E-state index in [-0.39, 0.29) is 14.7 Å². The van der Waals surface area contributed by atoms with Crippen LogP contribution in [0.15, 0.2) is 87.5 Å². The average molecular weight is 550 g/mol. The number of benzene rings is 3. The molecule has 1 aliphatic rings. The first-order valence-corrected chi connectivity index (χ1v) is 15.4. The third-order valence-electron chi connectivity index (χ3n) is 6.08. The Bertz CT molecular complexity index is 1420. The molecule has 0 amide bonds. The molecule has 0 bridgehead atoms. The van der Waals surface area contributed by atoms with E-state index in [9.17, 15) is 25.3 Å². The highest BCUT2D eigenvalue weighted by atomic mass is 32.2. The van der Waals surface area contributed by atoms with E-state index >= 15 is 0 Å². The Hall–Kier alpha value is -2.61. The van der Waals surface area contributed by atoms with Gasteiger partial charge in [0.2, 0.25) is 30.1 Å². The standard InChI is InChI=1S/C24H27N3O6S3/c1-19-10-4-7-13-22(19)34(28,29)25-16-26(35(30,31)23-14-8-5-11-20(23)2)18-27(17-25)36(32,33)24-15-9-6-12-21(24)3/h4-15H,16-18H2,1-3H3. The zero-order chi connectivity index (χ0) is 26.3. The maximum Gasteiger partial charge on any atom is 0.245 e. The highest BCUT2D eigenvalue weighted by molar-refractivity contribution is 7.90. The molecule has 0 aliphatic carbocycles. The summed E-state index contributed by atoms with van der Waals surface area (Å²) in [5, 5.41) is 0. The lowest BCUT2D eigenvalue weighted by Crippen LogP contribution is -2.59. The summed E-state index contributed by atoms with van der Waals surface area (Å²) in [7, 11) is -12.7. The van der Waals surface area contributed by atoms with Crippen molar-refractivity contribution in [3.05, 3.63) is 89.5 Å². The van der Waals surface area contributed by atoms with Gasteiger partial charge in [0, 0.05) is 0 Å². The molecule has 4 rings (SSSR count). The lowest BCUT2D eigenvalue weighted by Gasteiger charge is -2.40. The van der Waals surface area contributed by atoms with E-state index in [1.165, 1.54) is 18.2 Å². The number of sulfonamides is 3. The molecule has 0 unspecified atom stereocenters. The molecule has 0 radical (unpaired) electrons. The van der Waals surface area contributed by atoms with Crippen molar-refractivity contribution in [1.82, 2.24) is 12.9 Å². The molecule has 1 saturated heterocycles. The average Bonchev–Trinajstić information content (AvgIpc) is 2.84. The van der Waals surface area contributed by atoms with Crippen molar-refractivity contribution in [2.24, 2.45) is 0 Å². The maximum atomic E-state index is 13.6. The Labute approximate surface area is 212 Å². The van der Waals surface area contributed by atoms with Crippen LogP contribution in [-0.4, -0.2) is 58.2 Å². The molecule has 3 aromatic carbocycles. The summed E-state index contributed by atoms with van der Waals surface area (Å²) in [5.41, 5.74) is 1.39. The van der Waals surface area contributed by atoms with Gasteiger partial charge >= 0.3 is 0 Å². The Balaban J connectivity index is 1.85. The molecule has 1 fully saturated rings. The van der Waals surface area contributed by atoms with Crippen LogP contribution in [0.1, 0.15) is 16.7 Å². The van der Waals surface area contributed by atoms with E-state index in [4.69, 9.17) is 0 Å². The van der Waals surface area contributed by atoms with Crippen LogP contribution < -0.4 is 0 Å². The molecule has 0 saturated carbocycles. The topological polar surface area (TPSA) is 112 Å². The fourth-order valence-electron chi connectivity index (χ4n) is 4.07. The summed E-state index contributed by atoms with van der Waals surface area (Å²) < 4.78 is 84.5. The number of hydrogen-bond acceptors (Lipinski definition) is 6. The zero-order valence-electron chi connectivity index (χ0n) is 20.1. The summed E-state index contributed by atoms with van der Waals surface area (Å²) >= 11 is 0. The second-order valence-corrected chi connectivity index (χ2v) is 14.3. The van der Waals surface area contributed by atoms with Gasteiger partial charge in [-0.25, -0.2) is 25.3 Å². The molecule has 0 atom stereocenters. The van der Waals surface area contributed by atoms with E-state index in [1.807, 2.05) is 0 Å². The van der Waals surface area contributed by atoms with E-state index in [0.717, 1.165) is 12.9 Å². The van der Waals surface area contributed by atoms with Gasteiger partial charge in [-0.2, -0.15) is 12.9 Å². The largest absolute Gasteiger partial charge is 0.245 e. The van der Waals surface area contributed by atoms with Gasteiger partial charge < -0.3 is 0 Å². The molecule has 36 heavy (non-hydrogen) atoms. The first kappa shape index (κ1) is 26.5. The van der Waals surface area contributed by atoms with Gasteiger partial charge in [-0.3, -0.25) is 0 Å². The zero-order valence-corrected chi connectivity index (χ0v) is 22.5. The predicted octanol–water partition coefficient (Wildman–Crippen LogP) is 2.87. The van der Waals surface area contributed by atoms with Gasteiger partial charge in [0.05, 0.1) is 34.7 Å². The molecule has 12 heteroatoms. The molecule has 3 aromatic rings. The molecule has 0 N–H and O–H groups in total. The number of hydrogen-bond donors (Lipinski definition) is 0. The van der Waals surface area contributed by atoms with E-state index in [2.05, 4.69) is 0 Å². The van der Waals surface area contributed by atoms with Crippen molar-refractivity contribution in [1.29, 1.82) is 0 Å². The summed E-state index contributed by atoms with van der Waals surface area (Å²) in [6.45, 7) is 3.27. The van der Waals surface area contributed by atoms with Gasteiger partial charge in [0.1, 0.15) is 0 Å². The first-order valence-electron chi connectivity index (χ1n) is 11.0. The van der Waals surface area contributed by atoms with Crippen LogP contribution in [0.2, 0.25) is 0 Å². The van der Waals surface area contributed by atoms with Crippen molar-refractivity contribution in [3.63, 3.8) is 0 Å². The summed E-state index contributed by atoms with van der Waals surface area (Å²) in [6, 6.07) is 18.9. The quantitative estimate of drug-likeness (QED) is 0.467. The van der Waals surface area contributed by atoms with Crippen LogP contribution in [-0.2, 0) is 30.1 Å². The molecule has 0 spiro atoms. The Morgan fingerprint density at radius 3 is 0.889 bits per heavy atom. The number of nitrogens with zero attached hydrogens (tertiary/aromatic N) is 3. The Morgan fingerprint density at radius 1 is 0.444 bits per heavy atom. The molecule has 9 nitrogen and oxygen atoms in total. The van der Waals surface area contributed by atoms with Crippen LogP contribution in [0.3, 0.4) is 0 Å². The summed E-state index contributed by atoms with van der Waals surface area (Å²) in [6.07, 6.45) is 0. The minimum atomic E-state index is -4.24. The van der Waals surface area contributed by atoms with Crippen LogP contribution in [0, 0.1) is 20.8 Å². The van der Waals surface area contributed by atoms with Crippen molar-refractivity contribution in [2.45, 2.75) is 35.5 Å². The second kappa shape index (κ2) is 9.69. The molecular weight excluding hydrogens is 522 g/mol. The maximum absolute atomic E-state index is 13.6. The monoisotopic (exact) mass is 549 g/mol. The van der Waals surface area contributed by atoms with Crippen LogP contribution in [0.4, 0.5) is 0 Å².